The minimum atomic E-state index is -0.462. The van der Waals surface area contributed by atoms with E-state index < -0.39 is 9.75 Å². The van der Waals surface area contributed by atoms with Crippen LogP contribution in [0.1, 0.15) is 33.2 Å². The number of benzene rings is 2. The second kappa shape index (κ2) is 7.84. The molecule has 0 aliphatic heterocycles. The molecule has 2 aromatic carbocycles. The van der Waals surface area contributed by atoms with Gasteiger partial charge in [0.1, 0.15) is 0 Å². The lowest BCUT2D eigenvalue weighted by Crippen LogP contribution is -2.19. The molecule has 0 N–H and O–H groups in total. The number of hydrogen-bond donors (Lipinski definition) is 0. The van der Waals surface area contributed by atoms with E-state index in [4.69, 9.17) is 0 Å². The number of rotatable bonds is 6. The number of nitro benzene ring substituents is 1. The van der Waals surface area contributed by atoms with Gasteiger partial charge in [0.15, 0.2) is 5.78 Å². The van der Waals surface area contributed by atoms with Crippen molar-refractivity contribution < 1.29 is 9.72 Å². The van der Waals surface area contributed by atoms with Crippen LogP contribution in [0.5, 0.6) is 0 Å². The Labute approximate surface area is 151 Å². The van der Waals surface area contributed by atoms with E-state index in [1.54, 1.807) is 12.1 Å². The van der Waals surface area contributed by atoms with Crippen LogP contribution in [0.2, 0.25) is 0 Å². The summed E-state index contributed by atoms with van der Waals surface area (Å²) in [5.41, 5.74) is 2.64. The van der Waals surface area contributed by atoms with Gasteiger partial charge in [-0.3, -0.25) is 14.9 Å². The van der Waals surface area contributed by atoms with E-state index in [9.17, 15) is 14.9 Å². The first-order chi connectivity index (χ1) is 10.9. The third-order valence-corrected chi connectivity index (χ3v) is 6.29. The Morgan fingerprint density at radius 2 is 1.65 bits per heavy atom. The first-order valence-electron chi connectivity index (χ1n) is 7.09. The van der Waals surface area contributed by atoms with Crippen molar-refractivity contribution >= 4 is 43.3 Å². The fourth-order valence-electron chi connectivity index (χ4n) is 2.15. The van der Waals surface area contributed by atoms with Crippen molar-refractivity contribution in [3.8, 4) is 0 Å². The van der Waals surface area contributed by atoms with Crippen molar-refractivity contribution in [3.63, 3.8) is 0 Å². The number of halogens is 2. The molecule has 0 amide bonds. The van der Waals surface area contributed by atoms with Crippen LogP contribution < -0.4 is 0 Å². The van der Waals surface area contributed by atoms with Crippen LogP contribution in [0.25, 0.3) is 0 Å². The molecule has 2 aromatic rings. The molecule has 0 aliphatic carbocycles. The summed E-state index contributed by atoms with van der Waals surface area (Å²) in [5.74, 6) is -0.0344. The molecule has 0 saturated carbocycles. The summed E-state index contributed by atoms with van der Waals surface area (Å²) < 4.78 is 0. The van der Waals surface area contributed by atoms with Crippen molar-refractivity contribution in [3.05, 3.63) is 75.3 Å². The lowest BCUT2D eigenvalue weighted by atomic mass is 10.0. The number of non-ortho nitro benzene ring substituents is 1. The van der Waals surface area contributed by atoms with Gasteiger partial charge < -0.3 is 0 Å². The molecule has 23 heavy (non-hydrogen) atoms. The molecule has 4 nitrogen and oxygen atoms in total. The van der Waals surface area contributed by atoms with Crippen LogP contribution in [-0.4, -0.2) is 15.5 Å². The Balaban J connectivity index is 2.15. The standard InChI is InChI=1S/C17H15Br2NO3/c1-2-11-3-5-13(6-4-11)17(21)16(19)15(18)12-7-9-14(10-8-12)20(22)23/h3-10,15-16H,2H2,1H3/t15-,16+/m0/s1. The Hall–Kier alpha value is -1.53. The van der Waals surface area contributed by atoms with Gasteiger partial charge in [-0.05, 0) is 17.5 Å². The highest BCUT2D eigenvalue weighted by Gasteiger charge is 2.26. The van der Waals surface area contributed by atoms with E-state index in [1.165, 1.54) is 17.7 Å². The Morgan fingerprint density at radius 3 is 2.13 bits per heavy atom. The maximum Gasteiger partial charge on any atom is 0.269 e. The molecule has 0 unspecified atom stereocenters. The number of hydrogen-bond acceptors (Lipinski definition) is 3. The summed E-state index contributed by atoms with van der Waals surface area (Å²) >= 11 is 6.94. The summed E-state index contributed by atoms with van der Waals surface area (Å²) in [5, 5.41) is 10.7. The number of nitrogens with zero attached hydrogens (tertiary/aromatic N) is 1. The molecule has 0 radical (unpaired) electrons. The lowest BCUT2D eigenvalue weighted by Gasteiger charge is -2.16. The van der Waals surface area contributed by atoms with E-state index in [1.807, 2.05) is 24.3 Å². The van der Waals surface area contributed by atoms with Crippen molar-refractivity contribution in [2.75, 3.05) is 0 Å². The number of carbonyl (C=O) groups excluding carboxylic acids is 1. The van der Waals surface area contributed by atoms with Crippen LogP contribution in [0.15, 0.2) is 48.5 Å². The minimum Gasteiger partial charge on any atom is -0.293 e. The number of alkyl halides is 2. The topological polar surface area (TPSA) is 60.2 Å². The zero-order valence-electron chi connectivity index (χ0n) is 12.4. The molecule has 0 spiro atoms. The van der Waals surface area contributed by atoms with E-state index in [0.29, 0.717) is 5.56 Å². The highest BCUT2D eigenvalue weighted by molar-refractivity contribution is 9.12. The van der Waals surface area contributed by atoms with Gasteiger partial charge in [-0.2, -0.15) is 0 Å². The van der Waals surface area contributed by atoms with Crippen LogP contribution in [0.4, 0.5) is 5.69 Å². The van der Waals surface area contributed by atoms with Crippen LogP contribution >= 0.6 is 31.9 Å². The summed E-state index contributed by atoms with van der Waals surface area (Å²) in [4.78, 5) is 22.1. The van der Waals surface area contributed by atoms with Crippen LogP contribution in [0, 0.1) is 10.1 Å². The molecule has 0 fully saturated rings. The van der Waals surface area contributed by atoms with Crippen LogP contribution in [-0.2, 0) is 6.42 Å². The molecular weight excluding hydrogens is 426 g/mol. The van der Waals surface area contributed by atoms with E-state index in [2.05, 4.69) is 38.8 Å². The predicted molar refractivity (Wildman–Crippen MR) is 97.6 cm³/mol. The monoisotopic (exact) mass is 439 g/mol. The van der Waals surface area contributed by atoms with Gasteiger partial charge in [-0.25, -0.2) is 0 Å². The summed E-state index contributed by atoms with van der Waals surface area (Å²) in [7, 11) is 0. The smallest absolute Gasteiger partial charge is 0.269 e. The Kier molecular flexibility index (Phi) is 6.07. The quantitative estimate of drug-likeness (QED) is 0.267. The number of Topliss-reactive ketones (excluding diaryl/α,β-unsaturated/α-hetero) is 1. The predicted octanol–water partition coefficient (Wildman–Crippen LogP) is 5.24. The van der Waals surface area contributed by atoms with Crippen molar-refractivity contribution in [1.29, 1.82) is 0 Å². The molecule has 0 heterocycles. The van der Waals surface area contributed by atoms with E-state index >= 15 is 0 Å². The van der Waals surface area contributed by atoms with Crippen LogP contribution in [0.3, 0.4) is 0 Å². The Bertz CT molecular complexity index is 699. The minimum absolute atomic E-state index is 0.0288. The molecular formula is C17H15Br2NO3. The van der Waals surface area contributed by atoms with Gasteiger partial charge in [0.2, 0.25) is 0 Å². The molecule has 0 bridgehead atoms. The average molecular weight is 441 g/mol. The summed E-state index contributed by atoms with van der Waals surface area (Å²) in [6.07, 6.45) is 0.927. The summed E-state index contributed by atoms with van der Waals surface area (Å²) in [6, 6.07) is 13.7. The van der Waals surface area contributed by atoms with Crippen molar-refractivity contribution in [1.82, 2.24) is 0 Å². The Morgan fingerprint density at radius 1 is 1.09 bits per heavy atom. The zero-order chi connectivity index (χ0) is 17.0. The fourth-order valence-corrected chi connectivity index (χ4v) is 3.26. The van der Waals surface area contributed by atoms with Gasteiger partial charge >= 0.3 is 0 Å². The third-order valence-electron chi connectivity index (χ3n) is 3.58. The second-order valence-electron chi connectivity index (χ2n) is 5.07. The number of carbonyl (C=O) groups is 1. The second-order valence-corrected chi connectivity index (χ2v) is 7.04. The molecule has 0 aromatic heterocycles. The molecule has 2 rings (SSSR count). The summed E-state index contributed by atoms with van der Waals surface area (Å²) in [6.45, 7) is 2.06. The number of ketones is 1. The first kappa shape index (κ1) is 17.8. The molecule has 2 atom stereocenters. The zero-order valence-corrected chi connectivity index (χ0v) is 15.6. The van der Waals surface area contributed by atoms with Gasteiger partial charge in [0, 0.05) is 17.7 Å². The van der Waals surface area contributed by atoms with Crippen molar-refractivity contribution in [2.24, 2.45) is 0 Å². The SMILES string of the molecule is CCc1ccc(C(=O)[C@H](Br)[C@@H](Br)c2ccc([N+](=O)[O-])cc2)cc1. The average Bonchev–Trinajstić information content (AvgIpc) is 2.60. The fraction of sp³-hybridized carbons (Fsp3) is 0.235. The maximum atomic E-state index is 12.5. The molecule has 120 valence electrons. The lowest BCUT2D eigenvalue weighted by molar-refractivity contribution is -0.384. The van der Waals surface area contributed by atoms with Gasteiger partial charge in [-0.15, -0.1) is 0 Å². The third kappa shape index (κ3) is 4.26. The number of nitro groups is 1. The van der Waals surface area contributed by atoms with E-state index in [0.717, 1.165) is 12.0 Å². The number of aryl methyl sites for hydroxylation is 1. The highest BCUT2D eigenvalue weighted by atomic mass is 79.9. The van der Waals surface area contributed by atoms with E-state index in [-0.39, 0.29) is 16.3 Å². The first-order valence-corrected chi connectivity index (χ1v) is 8.92. The molecule has 0 saturated heterocycles. The normalized spacial score (nSPS) is 13.3. The maximum absolute atomic E-state index is 12.5. The largest absolute Gasteiger partial charge is 0.293 e. The van der Waals surface area contributed by atoms with Gasteiger partial charge in [0.25, 0.3) is 5.69 Å². The van der Waals surface area contributed by atoms with Crippen molar-refractivity contribution in [2.45, 2.75) is 23.0 Å². The molecule has 6 heteroatoms. The highest BCUT2D eigenvalue weighted by Crippen LogP contribution is 2.34. The van der Waals surface area contributed by atoms with Gasteiger partial charge in [0.05, 0.1) is 14.6 Å². The van der Waals surface area contributed by atoms with Gasteiger partial charge in [-0.1, -0.05) is 75.2 Å². The molecule has 0 aliphatic rings.